The fourth-order valence-electron chi connectivity index (χ4n) is 0. The molecule has 0 aromatic heterocycles. The van der Waals surface area contributed by atoms with Gasteiger partial charge in [0.15, 0.2) is 0 Å². The van der Waals surface area contributed by atoms with Crippen molar-refractivity contribution in [2.75, 3.05) is 0 Å². The molecular weight excluding hydrogens is 1650 g/mol. The Morgan fingerprint density at radius 3 is 0.0357 bits per heavy atom. The Morgan fingerprint density at radius 2 is 0.0357 bits per heavy atom. The molecule has 28 radical (unpaired) electrons. The predicted molar refractivity (Wildman–Crippen MR) is 0 cm³/mol. The Morgan fingerprint density at radius 1 is 0.0357 bits per heavy atom. The summed E-state index contributed by atoms with van der Waals surface area (Å²) in [6.45, 7) is 0. The van der Waals surface area contributed by atoms with Crippen LogP contribution in [0.3, 0.4) is 0 Å². The Balaban J connectivity index is 0. The molecule has 0 aliphatic heterocycles. The van der Waals surface area contributed by atoms with Crippen molar-refractivity contribution in [3.8, 4) is 0 Å². The summed E-state index contributed by atoms with van der Waals surface area (Å²) in [7, 11) is 0. The molecule has 28 heavy (non-hydrogen) atoms. The van der Waals surface area contributed by atoms with Crippen LogP contribution in [0, 0.1) is 0 Å². The van der Waals surface area contributed by atoms with Crippen LogP contribution < -0.4 is 0 Å². The van der Waals surface area contributed by atoms with Crippen molar-refractivity contribution >= 4 is 0 Å². The van der Waals surface area contributed by atoms with E-state index in [1.165, 1.54) is 0 Å². The maximum absolute atomic E-state index is 0. The average Bonchev–Trinajstić information content (AvgIpc) is 0. The van der Waals surface area contributed by atoms with Gasteiger partial charge >= 0.3 is 0 Å². The molecular formula is Co28. The van der Waals surface area contributed by atoms with Gasteiger partial charge in [-0.15, -0.1) is 0 Å². The molecule has 0 unspecified atom stereocenters. The summed E-state index contributed by atoms with van der Waals surface area (Å²) in [6, 6.07) is 0. The summed E-state index contributed by atoms with van der Waals surface area (Å²) in [5.41, 5.74) is 0. The van der Waals surface area contributed by atoms with Crippen LogP contribution in [0.15, 0.2) is 0 Å². The van der Waals surface area contributed by atoms with Gasteiger partial charge in [0, 0.05) is 470 Å². The van der Waals surface area contributed by atoms with E-state index >= 15 is 0 Å². The number of hydrogen-bond donors (Lipinski definition) is 0. The maximum atomic E-state index is 0. The van der Waals surface area contributed by atoms with Crippen LogP contribution in [0.5, 0.6) is 0 Å². The second-order valence-electron chi connectivity index (χ2n) is 0. The summed E-state index contributed by atoms with van der Waals surface area (Å²) in [4.78, 5) is 0. The average molecular weight is 1650 g/mol. The SMILES string of the molecule is [Co].[Co].[Co].[Co].[Co].[Co].[Co].[Co].[Co].[Co].[Co].[Co].[Co].[Co].[Co].[Co].[Co].[Co].[Co].[Co].[Co].[Co].[Co].[Co].[Co].[Co].[Co].[Co]. The molecule has 0 bridgehead atoms. The van der Waals surface area contributed by atoms with Crippen LogP contribution >= 0.6 is 0 Å². The zero-order valence-electron chi connectivity index (χ0n) is 9.33. The number of rotatable bonds is 0. The van der Waals surface area contributed by atoms with E-state index in [4.69, 9.17) is 0 Å². The quantitative estimate of drug-likeness (QED) is 0.320. The Kier molecular flexibility index (Phi) is 4200. The van der Waals surface area contributed by atoms with E-state index < -0.39 is 0 Å². The van der Waals surface area contributed by atoms with Gasteiger partial charge in [0.2, 0.25) is 0 Å². The molecule has 28 heteroatoms. The molecule has 0 aliphatic rings. The normalized spacial score (nSPS) is 0. The largest absolute Gasteiger partial charge is 0 e. The van der Waals surface area contributed by atoms with Gasteiger partial charge in [-0.25, -0.2) is 0 Å². The molecule has 0 amide bonds. The molecule has 0 rings (SSSR count). The minimum absolute atomic E-state index is 0. The minimum Gasteiger partial charge on any atom is 0 e. The summed E-state index contributed by atoms with van der Waals surface area (Å²) < 4.78 is 0. The number of hydrogen-bond acceptors (Lipinski definition) is 0. The zero-order valence-corrected chi connectivity index (χ0v) is 38.5. The molecule has 0 aliphatic carbocycles. The Labute approximate surface area is 458 Å². The predicted octanol–water partition coefficient (Wildman–Crippen LogP) is -0.0700. The van der Waals surface area contributed by atoms with Gasteiger partial charge in [-0.2, -0.15) is 0 Å². The summed E-state index contributed by atoms with van der Waals surface area (Å²) in [5, 5.41) is 0. The van der Waals surface area contributed by atoms with Crippen LogP contribution in [0.2, 0.25) is 0 Å². The molecule has 0 atom stereocenters. The van der Waals surface area contributed by atoms with Crippen LogP contribution in [0.4, 0.5) is 0 Å². The molecule has 0 spiro atoms. The van der Waals surface area contributed by atoms with E-state index in [1.807, 2.05) is 0 Å². The van der Waals surface area contributed by atoms with E-state index in [9.17, 15) is 0 Å². The van der Waals surface area contributed by atoms with E-state index in [-0.39, 0.29) is 470 Å². The molecule has 0 nitrogen and oxygen atoms in total. The smallest absolute Gasteiger partial charge is 0 e. The van der Waals surface area contributed by atoms with Crippen molar-refractivity contribution in [2.45, 2.75) is 0 Å². The molecule has 0 aromatic rings. The second kappa shape index (κ2) is 331. The van der Waals surface area contributed by atoms with Crippen molar-refractivity contribution in [1.29, 1.82) is 0 Å². The fraction of sp³-hybridized carbons (Fsp3) is 0. The van der Waals surface area contributed by atoms with Crippen molar-refractivity contribution in [3.63, 3.8) is 0 Å². The van der Waals surface area contributed by atoms with E-state index in [0.29, 0.717) is 0 Å². The van der Waals surface area contributed by atoms with Gasteiger partial charge in [-0.1, -0.05) is 0 Å². The van der Waals surface area contributed by atoms with Gasteiger partial charge in [0.05, 0.1) is 0 Å². The second-order valence-corrected chi connectivity index (χ2v) is 0. The first-order chi connectivity index (χ1) is 0. The van der Waals surface area contributed by atoms with Crippen molar-refractivity contribution in [1.82, 2.24) is 0 Å². The van der Waals surface area contributed by atoms with E-state index in [2.05, 4.69) is 0 Å². The third kappa shape index (κ3) is 307. The molecule has 0 N–H and O–H groups in total. The summed E-state index contributed by atoms with van der Waals surface area (Å²) in [5.74, 6) is 0. The van der Waals surface area contributed by atoms with Crippen LogP contribution in [0.1, 0.15) is 0 Å². The van der Waals surface area contributed by atoms with E-state index in [1.54, 1.807) is 0 Å². The fourth-order valence-corrected chi connectivity index (χ4v) is 0. The van der Waals surface area contributed by atoms with Crippen molar-refractivity contribution < 1.29 is 470 Å². The summed E-state index contributed by atoms with van der Waals surface area (Å²) >= 11 is 0. The topological polar surface area (TPSA) is 0 Å². The van der Waals surface area contributed by atoms with Gasteiger partial charge in [-0.05, 0) is 0 Å². The summed E-state index contributed by atoms with van der Waals surface area (Å²) in [6.07, 6.45) is 0. The Bertz CT molecular complexity index is 0. The van der Waals surface area contributed by atoms with Crippen LogP contribution in [0.25, 0.3) is 0 Å². The standard InChI is InChI=1S/28Co. The van der Waals surface area contributed by atoms with Gasteiger partial charge < -0.3 is 0 Å². The zero-order chi connectivity index (χ0) is 0. The van der Waals surface area contributed by atoms with Crippen molar-refractivity contribution in [3.05, 3.63) is 0 Å². The molecule has 0 aromatic carbocycles. The Hall–Kier alpha value is 14.2. The van der Waals surface area contributed by atoms with Gasteiger partial charge in [0.25, 0.3) is 0 Å². The molecule has 0 heterocycles. The first-order valence-corrected chi connectivity index (χ1v) is 0. The minimum atomic E-state index is 0. The van der Waals surface area contributed by atoms with Crippen LogP contribution in [-0.2, 0) is 470 Å². The van der Waals surface area contributed by atoms with Gasteiger partial charge in [0.1, 0.15) is 0 Å². The molecule has 252 valence electrons. The van der Waals surface area contributed by atoms with E-state index in [0.717, 1.165) is 0 Å². The van der Waals surface area contributed by atoms with Gasteiger partial charge in [-0.3, -0.25) is 0 Å². The van der Waals surface area contributed by atoms with Crippen molar-refractivity contribution in [2.24, 2.45) is 0 Å². The third-order valence-corrected chi connectivity index (χ3v) is 0. The molecule has 0 saturated carbocycles. The maximum Gasteiger partial charge on any atom is 0 e. The monoisotopic (exact) mass is 1650 g/mol. The molecule has 0 saturated heterocycles. The first-order valence-electron chi connectivity index (χ1n) is 0. The first kappa shape index (κ1) is 356. The van der Waals surface area contributed by atoms with Crippen LogP contribution in [-0.4, -0.2) is 0 Å². The third-order valence-electron chi connectivity index (χ3n) is 0. The molecule has 0 fully saturated rings.